The topological polar surface area (TPSA) is 53.9 Å². The van der Waals surface area contributed by atoms with Crippen molar-refractivity contribution in [1.82, 2.24) is 19.9 Å². The van der Waals surface area contributed by atoms with E-state index in [1.54, 1.807) is 29.9 Å². The monoisotopic (exact) mass is 379 g/mol. The molecule has 1 N–H and O–H groups in total. The number of aryl methyl sites for hydroxylation is 1. The molecule has 6 heteroatoms. The Morgan fingerprint density at radius 1 is 1.22 bits per heavy atom. The zero-order valence-electron chi connectivity index (χ0n) is 15.6. The summed E-state index contributed by atoms with van der Waals surface area (Å²) in [7, 11) is 0. The third kappa shape index (κ3) is 4.70. The van der Waals surface area contributed by atoms with E-state index in [-0.39, 0.29) is 0 Å². The van der Waals surface area contributed by atoms with E-state index in [1.165, 1.54) is 36.9 Å². The highest BCUT2D eigenvalue weighted by Gasteiger charge is 2.23. The quantitative estimate of drug-likeness (QED) is 0.668. The number of nitrogens with one attached hydrogen (secondary N) is 1. The molecule has 1 saturated heterocycles. The molecule has 0 radical (unpaired) electrons. The molecule has 1 unspecified atom stereocenters. The second-order valence-corrected chi connectivity index (χ2v) is 8.10. The van der Waals surface area contributed by atoms with Crippen LogP contribution in [-0.2, 0) is 6.54 Å². The molecule has 0 bridgehead atoms. The van der Waals surface area contributed by atoms with Gasteiger partial charge < -0.3 is 5.32 Å². The minimum atomic E-state index is 0.429. The Balaban J connectivity index is 1.55. The van der Waals surface area contributed by atoms with Crippen molar-refractivity contribution in [3.8, 4) is 0 Å². The van der Waals surface area contributed by atoms with Gasteiger partial charge in [-0.15, -0.1) is 11.3 Å². The van der Waals surface area contributed by atoms with Gasteiger partial charge in [-0.25, -0.2) is 9.97 Å². The molecule has 3 aromatic rings. The summed E-state index contributed by atoms with van der Waals surface area (Å²) in [6.07, 6.45) is 10.2. The molecule has 3 heterocycles. The minimum Gasteiger partial charge on any atom is -0.339 e. The molecule has 1 aliphatic rings. The summed E-state index contributed by atoms with van der Waals surface area (Å²) < 4.78 is 0. The van der Waals surface area contributed by atoms with E-state index in [2.05, 4.69) is 61.7 Å². The molecule has 5 nitrogen and oxygen atoms in total. The molecule has 27 heavy (non-hydrogen) atoms. The average molecular weight is 380 g/mol. The van der Waals surface area contributed by atoms with Gasteiger partial charge in [0, 0.05) is 36.0 Å². The van der Waals surface area contributed by atoms with E-state index in [0.717, 1.165) is 29.6 Å². The number of hydrogen-bond donors (Lipinski definition) is 1. The molecule has 1 fully saturated rings. The standard InChI is InChI=1S/C21H25N5S/c1-16-24-19(15-27-16)14-26-11-4-2-3-8-20(26)17-6-5-7-18(12-17)25-21-13-22-9-10-23-21/h5-7,9-10,12-13,15,20H,2-4,8,11,14H2,1H3,(H,23,25). The van der Waals surface area contributed by atoms with Crippen LogP contribution in [0.25, 0.3) is 0 Å². The molecule has 1 aromatic carbocycles. The van der Waals surface area contributed by atoms with Gasteiger partial charge in [0.15, 0.2) is 0 Å². The zero-order chi connectivity index (χ0) is 18.5. The van der Waals surface area contributed by atoms with Crippen LogP contribution in [0.2, 0.25) is 0 Å². The number of hydrogen-bond acceptors (Lipinski definition) is 6. The van der Waals surface area contributed by atoms with Gasteiger partial charge in [-0.2, -0.15) is 0 Å². The molecule has 0 amide bonds. The molecule has 1 aliphatic heterocycles. The first-order valence-electron chi connectivity index (χ1n) is 9.56. The Morgan fingerprint density at radius 3 is 3.00 bits per heavy atom. The van der Waals surface area contributed by atoms with Crippen molar-refractivity contribution >= 4 is 22.8 Å². The van der Waals surface area contributed by atoms with E-state index in [4.69, 9.17) is 0 Å². The van der Waals surface area contributed by atoms with Crippen molar-refractivity contribution in [3.63, 3.8) is 0 Å². The van der Waals surface area contributed by atoms with Gasteiger partial charge in [0.05, 0.1) is 16.9 Å². The van der Waals surface area contributed by atoms with Crippen LogP contribution in [0.3, 0.4) is 0 Å². The highest BCUT2D eigenvalue weighted by molar-refractivity contribution is 7.09. The van der Waals surface area contributed by atoms with E-state index in [1.807, 2.05) is 0 Å². The fraction of sp³-hybridized carbons (Fsp3) is 0.381. The number of thiazole rings is 1. The molecule has 2 aromatic heterocycles. The number of benzene rings is 1. The summed E-state index contributed by atoms with van der Waals surface area (Å²) in [5.41, 5.74) is 3.61. The molecule has 0 saturated carbocycles. The van der Waals surface area contributed by atoms with Crippen LogP contribution < -0.4 is 5.32 Å². The Hall–Kier alpha value is -2.31. The first-order valence-corrected chi connectivity index (χ1v) is 10.4. The highest BCUT2D eigenvalue weighted by atomic mass is 32.1. The largest absolute Gasteiger partial charge is 0.339 e. The lowest BCUT2D eigenvalue weighted by Gasteiger charge is -2.30. The predicted molar refractivity (Wildman–Crippen MR) is 110 cm³/mol. The van der Waals surface area contributed by atoms with Crippen molar-refractivity contribution < 1.29 is 0 Å². The molecule has 0 aliphatic carbocycles. The second kappa shape index (κ2) is 8.59. The molecule has 1 atom stereocenters. The minimum absolute atomic E-state index is 0.429. The Bertz CT molecular complexity index is 864. The van der Waals surface area contributed by atoms with Gasteiger partial charge in [0.2, 0.25) is 0 Å². The lowest BCUT2D eigenvalue weighted by molar-refractivity contribution is 0.190. The predicted octanol–water partition coefficient (Wildman–Crippen LogP) is 5.10. The first kappa shape index (κ1) is 18.1. The average Bonchev–Trinajstić information content (AvgIpc) is 2.96. The normalized spacial score (nSPS) is 18.2. The van der Waals surface area contributed by atoms with Gasteiger partial charge in [0.1, 0.15) is 5.82 Å². The van der Waals surface area contributed by atoms with Gasteiger partial charge in [-0.1, -0.05) is 25.0 Å². The summed E-state index contributed by atoms with van der Waals surface area (Å²) >= 11 is 1.74. The molecular weight excluding hydrogens is 354 g/mol. The van der Waals surface area contributed by atoms with Crippen LogP contribution >= 0.6 is 11.3 Å². The van der Waals surface area contributed by atoms with Crippen LogP contribution in [0.5, 0.6) is 0 Å². The maximum Gasteiger partial charge on any atom is 0.148 e. The highest BCUT2D eigenvalue weighted by Crippen LogP contribution is 2.33. The molecule has 140 valence electrons. The van der Waals surface area contributed by atoms with Crippen LogP contribution in [0.1, 0.15) is 48.0 Å². The number of aromatic nitrogens is 3. The van der Waals surface area contributed by atoms with Gasteiger partial charge in [0.25, 0.3) is 0 Å². The third-order valence-corrected chi connectivity index (χ3v) is 5.82. The lowest BCUT2D eigenvalue weighted by Crippen LogP contribution is -2.28. The zero-order valence-corrected chi connectivity index (χ0v) is 16.5. The fourth-order valence-electron chi connectivity index (χ4n) is 3.76. The van der Waals surface area contributed by atoms with Crippen molar-refractivity contribution in [2.45, 2.75) is 45.2 Å². The Kier molecular flexibility index (Phi) is 5.75. The smallest absolute Gasteiger partial charge is 0.148 e. The number of rotatable bonds is 5. The van der Waals surface area contributed by atoms with E-state index >= 15 is 0 Å². The van der Waals surface area contributed by atoms with Crippen LogP contribution in [0, 0.1) is 6.92 Å². The van der Waals surface area contributed by atoms with Crippen LogP contribution in [0.4, 0.5) is 11.5 Å². The van der Waals surface area contributed by atoms with Crippen LogP contribution in [0.15, 0.2) is 48.2 Å². The third-order valence-electron chi connectivity index (χ3n) is 5.00. The van der Waals surface area contributed by atoms with Crippen molar-refractivity contribution in [2.24, 2.45) is 0 Å². The first-order chi connectivity index (χ1) is 13.3. The summed E-state index contributed by atoms with van der Waals surface area (Å²) in [5, 5.41) is 6.71. The van der Waals surface area contributed by atoms with Crippen LogP contribution in [-0.4, -0.2) is 26.4 Å². The maximum absolute atomic E-state index is 4.69. The Labute approximate surface area is 164 Å². The summed E-state index contributed by atoms with van der Waals surface area (Å²) in [5.74, 6) is 0.769. The summed E-state index contributed by atoms with van der Waals surface area (Å²) in [4.78, 5) is 15.7. The SMILES string of the molecule is Cc1nc(CN2CCCCCC2c2cccc(Nc3cnccn3)c2)cs1. The van der Waals surface area contributed by atoms with E-state index in [0.29, 0.717) is 6.04 Å². The molecule has 0 spiro atoms. The molecule has 4 rings (SSSR count). The number of likely N-dealkylation sites (tertiary alicyclic amines) is 1. The Morgan fingerprint density at radius 2 is 2.19 bits per heavy atom. The molecular formula is C21H25N5S. The van der Waals surface area contributed by atoms with Gasteiger partial charge in [-0.05, 0) is 44.0 Å². The van der Waals surface area contributed by atoms with Gasteiger partial charge >= 0.3 is 0 Å². The van der Waals surface area contributed by atoms with Crippen molar-refractivity contribution in [1.29, 1.82) is 0 Å². The van der Waals surface area contributed by atoms with Crippen molar-refractivity contribution in [2.75, 3.05) is 11.9 Å². The van der Waals surface area contributed by atoms with E-state index in [9.17, 15) is 0 Å². The second-order valence-electron chi connectivity index (χ2n) is 7.03. The fourth-order valence-corrected chi connectivity index (χ4v) is 4.36. The van der Waals surface area contributed by atoms with E-state index < -0.39 is 0 Å². The van der Waals surface area contributed by atoms with Gasteiger partial charge in [-0.3, -0.25) is 9.88 Å². The summed E-state index contributed by atoms with van der Waals surface area (Å²) in [6.45, 7) is 4.13. The summed E-state index contributed by atoms with van der Waals surface area (Å²) in [6, 6.07) is 9.15. The lowest BCUT2D eigenvalue weighted by atomic mass is 10.00. The van der Waals surface area contributed by atoms with Crippen molar-refractivity contribution in [3.05, 3.63) is 64.5 Å². The number of nitrogens with zero attached hydrogens (tertiary/aromatic N) is 4. The number of anilines is 2. The maximum atomic E-state index is 4.69.